The lowest BCUT2D eigenvalue weighted by atomic mass is 9.44. The molecule has 4 fully saturated rings. The van der Waals surface area contributed by atoms with Crippen molar-refractivity contribution in [3.05, 3.63) is 11.6 Å². The number of ether oxygens (including phenoxy) is 1. The highest BCUT2D eigenvalue weighted by molar-refractivity contribution is 5.66. The quantitative estimate of drug-likeness (QED) is 0.338. The van der Waals surface area contributed by atoms with Crippen molar-refractivity contribution >= 4 is 5.97 Å². The molecule has 14 atom stereocenters. The first-order valence-electron chi connectivity index (χ1n) is 15.1. The van der Waals surface area contributed by atoms with Gasteiger partial charge in [0.25, 0.3) is 0 Å². The zero-order chi connectivity index (χ0) is 27.2. The average Bonchev–Trinajstić information content (AvgIpc) is 3.39. The van der Waals surface area contributed by atoms with Gasteiger partial charge in [0.2, 0.25) is 0 Å². The molecule has 0 bridgehead atoms. The van der Waals surface area contributed by atoms with Crippen LogP contribution < -0.4 is 0 Å². The second-order valence-electron chi connectivity index (χ2n) is 15.0. The number of carbonyl (C=O) groups is 1. The minimum Gasteiger partial charge on any atom is -0.459 e. The van der Waals surface area contributed by atoms with Crippen LogP contribution in [0.5, 0.6) is 0 Å². The highest BCUT2D eigenvalue weighted by Gasteiger charge is 2.70. The Morgan fingerprint density at radius 3 is 2.32 bits per heavy atom. The highest BCUT2D eigenvalue weighted by atomic mass is 16.6. The molecule has 210 valence electrons. The number of aliphatic hydroxyl groups excluding tert-OH is 3. The van der Waals surface area contributed by atoms with E-state index in [1.807, 2.05) is 6.08 Å². The second-order valence-corrected chi connectivity index (χ2v) is 15.0. The Hall–Kier alpha value is -0.910. The van der Waals surface area contributed by atoms with E-state index in [2.05, 4.69) is 48.5 Å². The van der Waals surface area contributed by atoms with Gasteiger partial charge in [0.1, 0.15) is 6.10 Å². The van der Waals surface area contributed by atoms with Crippen LogP contribution in [0.15, 0.2) is 11.6 Å². The van der Waals surface area contributed by atoms with Crippen molar-refractivity contribution in [3.8, 4) is 0 Å². The van der Waals surface area contributed by atoms with Crippen molar-refractivity contribution < 1.29 is 24.9 Å². The Kier molecular flexibility index (Phi) is 6.77. The summed E-state index contributed by atoms with van der Waals surface area (Å²) >= 11 is 0. The molecule has 5 rings (SSSR count). The van der Waals surface area contributed by atoms with Gasteiger partial charge in [-0.15, -0.1) is 0 Å². The molecule has 0 radical (unpaired) electrons. The van der Waals surface area contributed by atoms with Crippen LogP contribution in [0.3, 0.4) is 0 Å². The van der Waals surface area contributed by atoms with Gasteiger partial charge in [0, 0.05) is 18.3 Å². The van der Waals surface area contributed by atoms with Gasteiger partial charge in [-0.25, -0.2) is 0 Å². The molecular weight excluding hydrogens is 464 g/mol. The van der Waals surface area contributed by atoms with Gasteiger partial charge in [-0.05, 0) is 90.8 Å². The molecule has 0 heterocycles. The molecule has 5 aliphatic rings. The van der Waals surface area contributed by atoms with E-state index in [9.17, 15) is 20.1 Å². The van der Waals surface area contributed by atoms with E-state index >= 15 is 0 Å². The molecule has 37 heavy (non-hydrogen) atoms. The topological polar surface area (TPSA) is 87.0 Å². The van der Waals surface area contributed by atoms with Crippen molar-refractivity contribution in [1.82, 2.24) is 0 Å². The molecule has 4 saturated carbocycles. The van der Waals surface area contributed by atoms with Gasteiger partial charge in [0.15, 0.2) is 0 Å². The summed E-state index contributed by atoms with van der Waals surface area (Å²) in [4.78, 5) is 12.5. The molecule has 0 aromatic heterocycles. The molecule has 0 spiro atoms. The summed E-state index contributed by atoms with van der Waals surface area (Å²) in [5.41, 5.74) is 0.733. The van der Waals surface area contributed by atoms with Crippen LogP contribution in [-0.4, -0.2) is 45.7 Å². The number of fused-ring (bicyclic) bond motifs is 5. The maximum Gasteiger partial charge on any atom is 0.303 e. The molecule has 3 N–H and O–H groups in total. The molecule has 0 amide bonds. The SMILES string of the molecule is CC(=O)OC1C(O)C2C(C(O)C=C3CC(O)CCC32C)C2CCC(C(C)C3CC3(C)C(C)C(C)C)C21C. The van der Waals surface area contributed by atoms with Crippen LogP contribution in [0.4, 0.5) is 0 Å². The summed E-state index contributed by atoms with van der Waals surface area (Å²) in [5.74, 6) is 2.35. The van der Waals surface area contributed by atoms with Gasteiger partial charge in [-0.2, -0.15) is 0 Å². The number of rotatable bonds is 5. The van der Waals surface area contributed by atoms with Gasteiger partial charge in [-0.3, -0.25) is 4.79 Å². The van der Waals surface area contributed by atoms with Crippen molar-refractivity contribution in [2.75, 3.05) is 0 Å². The van der Waals surface area contributed by atoms with E-state index in [0.29, 0.717) is 47.8 Å². The van der Waals surface area contributed by atoms with Gasteiger partial charge < -0.3 is 20.1 Å². The normalized spacial score (nSPS) is 52.4. The third kappa shape index (κ3) is 3.91. The first-order valence-corrected chi connectivity index (χ1v) is 15.1. The lowest BCUT2D eigenvalue weighted by molar-refractivity contribution is -0.231. The number of hydrogen-bond acceptors (Lipinski definition) is 5. The molecule has 0 saturated heterocycles. The fourth-order valence-corrected chi connectivity index (χ4v) is 10.7. The van der Waals surface area contributed by atoms with Crippen LogP contribution >= 0.6 is 0 Å². The summed E-state index contributed by atoms with van der Waals surface area (Å²) in [6.07, 6.45) is 4.91. The molecule has 0 aromatic carbocycles. The van der Waals surface area contributed by atoms with Crippen LogP contribution in [0, 0.1) is 63.6 Å². The predicted molar refractivity (Wildman–Crippen MR) is 144 cm³/mol. The average molecular weight is 517 g/mol. The molecule has 5 aliphatic carbocycles. The molecule has 0 aromatic rings. The third-order valence-electron chi connectivity index (χ3n) is 13.2. The Labute approximate surface area is 224 Å². The zero-order valence-corrected chi connectivity index (χ0v) is 24.4. The number of hydrogen-bond donors (Lipinski definition) is 3. The summed E-state index contributed by atoms with van der Waals surface area (Å²) in [6, 6.07) is 0. The Morgan fingerprint density at radius 2 is 1.70 bits per heavy atom. The smallest absolute Gasteiger partial charge is 0.303 e. The van der Waals surface area contributed by atoms with Crippen LogP contribution in [0.25, 0.3) is 0 Å². The first-order chi connectivity index (χ1) is 17.2. The van der Waals surface area contributed by atoms with Crippen LogP contribution in [0.2, 0.25) is 0 Å². The minimum atomic E-state index is -0.832. The monoisotopic (exact) mass is 516 g/mol. The summed E-state index contributed by atoms with van der Waals surface area (Å²) < 4.78 is 6.13. The minimum absolute atomic E-state index is 0.0619. The van der Waals surface area contributed by atoms with E-state index in [1.54, 1.807) is 0 Å². The molecule has 5 heteroatoms. The van der Waals surface area contributed by atoms with E-state index in [-0.39, 0.29) is 34.6 Å². The lowest BCUT2D eigenvalue weighted by Crippen LogP contribution is -2.67. The van der Waals surface area contributed by atoms with Gasteiger partial charge in [-0.1, -0.05) is 60.1 Å². The summed E-state index contributed by atoms with van der Waals surface area (Å²) in [5, 5.41) is 34.1. The van der Waals surface area contributed by atoms with Crippen LogP contribution in [-0.2, 0) is 9.53 Å². The zero-order valence-electron chi connectivity index (χ0n) is 24.4. The van der Waals surface area contributed by atoms with Crippen LogP contribution in [0.1, 0.15) is 93.9 Å². The summed E-state index contributed by atoms with van der Waals surface area (Å²) in [6.45, 7) is 17.9. The highest BCUT2D eigenvalue weighted by Crippen LogP contribution is 2.71. The third-order valence-corrected chi connectivity index (χ3v) is 13.2. The number of aliphatic hydroxyl groups is 3. The largest absolute Gasteiger partial charge is 0.459 e. The second kappa shape index (κ2) is 9.06. The number of carbonyl (C=O) groups excluding carboxylic acids is 1. The van der Waals surface area contributed by atoms with Gasteiger partial charge in [0.05, 0.1) is 18.3 Å². The predicted octanol–water partition coefficient (Wildman–Crippen LogP) is 5.36. The van der Waals surface area contributed by atoms with E-state index in [4.69, 9.17) is 4.74 Å². The molecule has 5 nitrogen and oxygen atoms in total. The first kappa shape index (κ1) is 27.6. The van der Waals surface area contributed by atoms with Crippen molar-refractivity contribution in [2.24, 2.45) is 63.6 Å². The molecule has 0 aliphatic heterocycles. The fourth-order valence-electron chi connectivity index (χ4n) is 10.7. The van der Waals surface area contributed by atoms with Crippen molar-refractivity contribution in [1.29, 1.82) is 0 Å². The lowest BCUT2D eigenvalue weighted by Gasteiger charge is -2.63. The van der Waals surface area contributed by atoms with Crippen molar-refractivity contribution in [3.63, 3.8) is 0 Å². The Morgan fingerprint density at radius 1 is 1.03 bits per heavy atom. The van der Waals surface area contributed by atoms with E-state index in [1.165, 1.54) is 13.3 Å². The maximum atomic E-state index is 12.5. The molecular formula is C32H52O5. The van der Waals surface area contributed by atoms with Gasteiger partial charge >= 0.3 is 5.97 Å². The molecule has 14 unspecified atom stereocenters. The van der Waals surface area contributed by atoms with E-state index in [0.717, 1.165) is 24.8 Å². The Bertz CT molecular complexity index is 943. The van der Waals surface area contributed by atoms with E-state index < -0.39 is 24.4 Å². The fraction of sp³-hybridized carbons (Fsp3) is 0.906. The Balaban J connectivity index is 1.53. The van der Waals surface area contributed by atoms with Crippen molar-refractivity contribution in [2.45, 2.75) is 118 Å². The standard InChI is InChI=1S/C32H52O5/c1-16(2)18(4)31(7)15-24(31)17(3)22-9-10-23-26-25(35)14-20-13-21(34)11-12-30(20,6)27(26)28(36)29(32(22,23)8)37-19(5)33/h14,16-18,21-29,34-36H,9-13,15H2,1-8H3. The summed E-state index contributed by atoms with van der Waals surface area (Å²) in [7, 11) is 0. The number of esters is 1. The maximum absolute atomic E-state index is 12.5.